The Balaban J connectivity index is 1.55. The van der Waals surface area contributed by atoms with Crippen molar-refractivity contribution in [3.05, 3.63) is 10.6 Å². The summed E-state index contributed by atoms with van der Waals surface area (Å²) in [7, 11) is 0. The monoisotopic (exact) mass is 352 g/mol. The number of hydrogen-bond donors (Lipinski definition) is 2. The highest BCUT2D eigenvalue weighted by molar-refractivity contribution is 7.15. The van der Waals surface area contributed by atoms with E-state index in [2.05, 4.69) is 17.2 Å². The number of carbonyl (C=O) groups excluding carboxylic acids is 2. The molecule has 3 rings (SSSR count). The Bertz CT molecular complexity index is 610. The molecule has 7 nitrogen and oxygen atoms in total. The van der Waals surface area contributed by atoms with Gasteiger partial charge in [-0.1, -0.05) is 13.3 Å². The number of aromatic nitrogens is 1. The van der Waals surface area contributed by atoms with Crippen LogP contribution in [0.15, 0.2) is 0 Å². The average Bonchev–Trinajstić information content (AvgIpc) is 3.02. The summed E-state index contributed by atoms with van der Waals surface area (Å²) >= 11 is 1.59. The molecule has 0 radical (unpaired) electrons. The quantitative estimate of drug-likeness (QED) is 0.859. The second-order valence-corrected chi connectivity index (χ2v) is 7.45. The molecule has 2 aliphatic rings. The highest BCUT2D eigenvalue weighted by atomic mass is 32.1. The summed E-state index contributed by atoms with van der Waals surface area (Å²) in [6.07, 6.45) is 4.45. The first-order valence-corrected chi connectivity index (χ1v) is 9.35. The molecule has 132 valence electrons. The van der Waals surface area contributed by atoms with Crippen LogP contribution in [-0.2, 0) is 17.6 Å². The lowest BCUT2D eigenvalue weighted by Gasteiger charge is -2.34. The number of carbonyl (C=O) groups is 2. The minimum atomic E-state index is -0.477. The van der Waals surface area contributed by atoms with Gasteiger partial charge in [-0.3, -0.25) is 10.1 Å². The molecular weight excluding hydrogens is 328 g/mol. The molecule has 0 saturated carbocycles. The van der Waals surface area contributed by atoms with Crippen molar-refractivity contribution in [1.82, 2.24) is 14.8 Å². The third kappa shape index (κ3) is 3.70. The summed E-state index contributed by atoms with van der Waals surface area (Å²) < 4.78 is 0. The number of nitrogens with zero attached hydrogens (tertiary/aromatic N) is 3. The molecule has 1 atom stereocenters. The van der Waals surface area contributed by atoms with Gasteiger partial charge in [0.15, 0.2) is 5.13 Å². The van der Waals surface area contributed by atoms with E-state index in [9.17, 15) is 9.59 Å². The van der Waals surface area contributed by atoms with Crippen molar-refractivity contribution < 1.29 is 14.7 Å². The molecule has 3 amide bonds. The van der Waals surface area contributed by atoms with Crippen LogP contribution in [0.1, 0.15) is 30.3 Å². The summed E-state index contributed by atoms with van der Waals surface area (Å²) in [5, 5.41) is 12.5. The lowest BCUT2D eigenvalue weighted by molar-refractivity contribution is -0.135. The molecule has 24 heavy (non-hydrogen) atoms. The Morgan fingerprint density at radius 3 is 2.67 bits per heavy atom. The highest BCUT2D eigenvalue weighted by Gasteiger charge is 2.26. The fourth-order valence-corrected chi connectivity index (χ4v) is 4.39. The van der Waals surface area contributed by atoms with Crippen LogP contribution in [0.5, 0.6) is 0 Å². The molecule has 1 aromatic heterocycles. The van der Waals surface area contributed by atoms with Gasteiger partial charge in [-0.2, -0.15) is 0 Å². The maximum atomic E-state index is 12.4. The van der Waals surface area contributed by atoms with Crippen LogP contribution in [0.3, 0.4) is 0 Å². The van der Waals surface area contributed by atoms with Gasteiger partial charge in [-0.25, -0.2) is 9.78 Å². The second-order valence-electron chi connectivity index (χ2n) is 6.36. The number of hydrogen-bond acceptors (Lipinski definition) is 5. The maximum Gasteiger partial charge on any atom is 0.323 e. The van der Waals surface area contributed by atoms with Gasteiger partial charge >= 0.3 is 6.03 Å². The summed E-state index contributed by atoms with van der Waals surface area (Å²) in [4.78, 5) is 33.0. The minimum Gasteiger partial charge on any atom is -0.387 e. The molecule has 1 fully saturated rings. The standard InChI is InChI=1S/C16H24N4O3S/c1-2-11-3-4-12-13(9-11)24-15(17-12)18-16(23)20-7-5-19(6-8-20)14(22)10-21/h11,21H,2-10H2,1H3,(H,17,18,23). The SMILES string of the molecule is CCC1CCc2nc(NC(=O)N3CCN(C(=O)CO)CC3)sc2C1. The predicted molar refractivity (Wildman–Crippen MR) is 92.2 cm³/mol. The Kier molecular flexibility index (Phi) is 5.35. The summed E-state index contributed by atoms with van der Waals surface area (Å²) in [5.74, 6) is 0.451. The van der Waals surface area contributed by atoms with E-state index >= 15 is 0 Å². The molecule has 8 heteroatoms. The number of aryl methyl sites for hydroxylation is 1. The van der Waals surface area contributed by atoms with Gasteiger partial charge in [-0.15, -0.1) is 11.3 Å². The van der Waals surface area contributed by atoms with Gasteiger partial charge in [0.2, 0.25) is 5.91 Å². The Morgan fingerprint density at radius 2 is 2.00 bits per heavy atom. The Labute approximate surface area is 145 Å². The molecule has 1 saturated heterocycles. The zero-order chi connectivity index (χ0) is 17.1. The number of urea groups is 1. The number of aliphatic hydroxyl groups is 1. The van der Waals surface area contributed by atoms with Gasteiger partial charge in [0.1, 0.15) is 6.61 Å². The number of aliphatic hydroxyl groups excluding tert-OH is 1. The largest absolute Gasteiger partial charge is 0.387 e. The zero-order valence-corrected chi connectivity index (χ0v) is 14.8. The van der Waals surface area contributed by atoms with Crippen molar-refractivity contribution >= 4 is 28.4 Å². The highest BCUT2D eigenvalue weighted by Crippen LogP contribution is 2.33. The van der Waals surface area contributed by atoms with E-state index in [1.54, 1.807) is 21.1 Å². The Morgan fingerprint density at radius 1 is 1.29 bits per heavy atom. The molecule has 1 aromatic rings. The number of rotatable bonds is 3. The first kappa shape index (κ1) is 17.2. The van der Waals surface area contributed by atoms with E-state index < -0.39 is 6.61 Å². The van der Waals surface area contributed by atoms with Crippen LogP contribution in [0.4, 0.5) is 9.93 Å². The fourth-order valence-electron chi connectivity index (χ4n) is 3.27. The van der Waals surface area contributed by atoms with Crippen molar-refractivity contribution in [3.63, 3.8) is 0 Å². The van der Waals surface area contributed by atoms with Gasteiger partial charge in [0, 0.05) is 31.1 Å². The maximum absolute atomic E-state index is 12.4. The molecule has 0 aromatic carbocycles. The second kappa shape index (κ2) is 7.48. The van der Waals surface area contributed by atoms with Crippen LogP contribution in [-0.4, -0.2) is 64.6 Å². The van der Waals surface area contributed by atoms with Crippen molar-refractivity contribution in [3.8, 4) is 0 Å². The third-order valence-corrected chi connectivity index (χ3v) is 5.92. The number of anilines is 1. The van der Waals surface area contributed by atoms with Crippen molar-refractivity contribution in [2.75, 3.05) is 38.1 Å². The predicted octanol–water partition coefficient (Wildman–Crippen LogP) is 1.33. The molecule has 2 heterocycles. The van der Waals surface area contributed by atoms with Gasteiger partial charge in [0.25, 0.3) is 0 Å². The Hall–Kier alpha value is -1.67. The first-order valence-electron chi connectivity index (χ1n) is 8.53. The number of amides is 3. The molecule has 1 aliphatic carbocycles. The van der Waals surface area contributed by atoms with Gasteiger partial charge < -0.3 is 14.9 Å². The molecule has 0 bridgehead atoms. The molecule has 2 N–H and O–H groups in total. The van der Waals surface area contributed by atoms with Gasteiger partial charge in [-0.05, 0) is 25.2 Å². The van der Waals surface area contributed by atoms with Crippen molar-refractivity contribution in [1.29, 1.82) is 0 Å². The molecule has 0 spiro atoms. The number of thiazole rings is 1. The number of piperazine rings is 1. The molecule has 1 unspecified atom stereocenters. The lowest BCUT2D eigenvalue weighted by Crippen LogP contribution is -2.52. The molecular formula is C16H24N4O3S. The van der Waals surface area contributed by atoms with E-state index in [1.165, 1.54) is 17.7 Å². The normalized spacial score (nSPS) is 20.7. The minimum absolute atomic E-state index is 0.163. The van der Waals surface area contributed by atoms with E-state index in [-0.39, 0.29) is 11.9 Å². The fraction of sp³-hybridized carbons (Fsp3) is 0.688. The summed E-state index contributed by atoms with van der Waals surface area (Å²) in [5.41, 5.74) is 1.14. The van der Waals surface area contributed by atoms with Crippen molar-refractivity contribution in [2.45, 2.75) is 32.6 Å². The zero-order valence-electron chi connectivity index (χ0n) is 14.0. The summed E-state index contributed by atoms with van der Waals surface area (Å²) in [6.45, 7) is 3.61. The topological polar surface area (TPSA) is 85.8 Å². The smallest absolute Gasteiger partial charge is 0.323 e. The van der Waals surface area contributed by atoms with Crippen LogP contribution in [0, 0.1) is 5.92 Å². The van der Waals surface area contributed by atoms with E-state index in [1.807, 2.05) is 0 Å². The third-order valence-electron chi connectivity index (χ3n) is 4.89. The van der Waals surface area contributed by atoms with Crippen LogP contribution in [0.25, 0.3) is 0 Å². The molecule has 1 aliphatic heterocycles. The number of nitrogens with one attached hydrogen (secondary N) is 1. The first-order chi connectivity index (χ1) is 11.6. The van der Waals surface area contributed by atoms with Gasteiger partial charge in [0.05, 0.1) is 5.69 Å². The van der Waals surface area contributed by atoms with Crippen molar-refractivity contribution in [2.24, 2.45) is 5.92 Å². The van der Waals surface area contributed by atoms with Crippen LogP contribution < -0.4 is 5.32 Å². The van der Waals surface area contributed by atoms with E-state index in [4.69, 9.17) is 5.11 Å². The lowest BCUT2D eigenvalue weighted by atomic mass is 9.89. The van der Waals surface area contributed by atoms with Crippen LogP contribution >= 0.6 is 11.3 Å². The summed E-state index contributed by atoms with van der Waals surface area (Å²) in [6, 6.07) is -0.163. The average molecular weight is 352 g/mol. The number of fused-ring (bicyclic) bond motifs is 1. The van der Waals surface area contributed by atoms with E-state index in [0.717, 1.165) is 24.5 Å². The van der Waals surface area contributed by atoms with E-state index in [0.29, 0.717) is 31.3 Å². The van der Waals surface area contributed by atoms with Crippen LogP contribution in [0.2, 0.25) is 0 Å².